The molecule has 0 radical (unpaired) electrons. The van der Waals surface area contributed by atoms with Gasteiger partial charge in [-0.1, -0.05) is 0 Å². The summed E-state index contributed by atoms with van der Waals surface area (Å²) in [5.41, 5.74) is 3.47. The number of carbonyl (C=O) groups excluding carboxylic acids is 1. The minimum absolute atomic E-state index is 0.137. The Morgan fingerprint density at radius 2 is 2.23 bits per heavy atom. The average molecular weight is 366 g/mol. The van der Waals surface area contributed by atoms with Crippen molar-refractivity contribution < 1.29 is 9.53 Å². The Kier molecular flexibility index (Phi) is 4.33. The van der Waals surface area contributed by atoms with E-state index in [1.54, 1.807) is 34.1 Å². The molecule has 1 aliphatic heterocycles. The van der Waals surface area contributed by atoms with Crippen LogP contribution in [0.5, 0.6) is 5.88 Å². The molecule has 1 aliphatic rings. The maximum Gasteiger partial charge on any atom is 0.273 e. The van der Waals surface area contributed by atoms with Crippen molar-refractivity contribution in [3.63, 3.8) is 0 Å². The molecule has 8 nitrogen and oxygen atoms in total. The van der Waals surface area contributed by atoms with Crippen molar-refractivity contribution in [1.29, 1.82) is 5.26 Å². The molecule has 0 aromatic carbocycles. The minimum Gasteiger partial charge on any atom is -0.470 e. The average Bonchev–Trinajstić information content (AvgIpc) is 3.31. The van der Waals surface area contributed by atoms with Crippen molar-refractivity contribution in [3.05, 3.63) is 58.4 Å². The van der Waals surface area contributed by atoms with Crippen LogP contribution in [-0.2, 0) is 13.1 Å². The summed E-state index contributed by atoms with van der Waals surface area (Å²) in [6.45, 7) is 1.34. The van der Waals surface area contributed by atoms with Crippen LogP contribution >= 0.6 is 11.3 Å². The fourth-order valence-corrected chi connectivity index (χ4v) is 3.34. The van der Waals surface area contributed by atoms with E-state index in [4.69, 9.17) is 10.00 Å². The van der Waals surface area contributed by atoms with Crippen LogP contribution in [0.25, 0.3) is 0 Å². The molecule has 0 spiro atoms. The van der Waals surface area contributed by atoms with Gasteiger partial charge in [0.05, 0.1) is 36.4 Å². The van der Waals surface area contributed by atoms with Gasteiger partial charge in [0.2, 0.25) is 5.88 Å². The number of hydrogen-bond donors (Lipinski definition) is 0. The molecule has 0 bridgehead atoms. The molecule has 9 heteroatoms. The molecule has 0 N–H and O–H groups in total. The van der Waals surface area contributed by atoms with E-state index in [0.29, 0.717) is 36.8 Å². The van der Waals surface area contributed by atoms with E-state index in [-0.39, 0.29) is 12.0 Å². The second-order valence-electron chi connectivity index (χ2n) is 5.80. The highest BCUT2D eigenvalue weighted by Gasteiger charge is 2.28. The first-order valence-electron chi connectivity index (χ1n) is 7.94. The molecule has 0 saturated heterocycles. The second-order valence-corrected chi connectivity index (χ2v) is 6.52. The first kappa shape index (κ1) is 16.2. The number of rotatable bonds is 3. The van der Waals surface area contributed by atoms with Crippen molar-refractivity contribution in [2.75, 3.05) is 6.54 Å². The second kappa shape index (κ2) is 6.93. The van der Waals surface area contributed by atoms with E-state index in [1.165, 1.54) is 17.5 Å². The predicted octanol–water partition coefficient (Wildman–Crippen LogP) is 1.71. The molecule has 26 heavy (non-hydrogen) atoms. The van der Waals surface area contributed by atoms with Crippen LogP contribution in [0.2, 0.25) is 0 Å². The third-order valence-corrected chi connectivity index (χ3v) is 4.64. The fourth-order valence-electron chi connectivity index (χ4n) is 2.81. The van der Waals surface area contributed by atoms with Crippen LogP contribution < -0.4 is 4.74 Å². The highest BCUT2D eigenvalue weighted by atomic mass is 32.1. The molecule has 1 amide bonds. The van der Waals surface area contributed by atoms with Gasteiger partial charge in [-0.3, -0.25) is 9.48 Å². The molecule has 3 aromatic rings. The lowest BCUT2D eigenvalue weighted by molar-refractivity contribution is 0.0639. The molecule has 130 valence electrons. The van der Waals surface area contributed by atoms with E-state index in [1.807, 2.05) is 16.8 Å². The van der Waals surface area contributed by atoms with Crippen LogP contribution in [0, 0.1) is 11.3 Å². The summed E-state index contributed by atoms with van der Waals surface area (Å²) in [6.07, 6.45) is 2.85. The summed E-state index contributed by atoms with van der Waals surface area (Å²) < 4.78 is 7.80. The van der Waals surface area contributed by atoms with Crippen LogP contribution in [-0.4, -0.2) is 43.2 Å². The molecule has 1 unspecified atom stereocenters. The van der Waals surface area contributed by atoms with Crippen LogP contribution in [0.1, 0.15) is 21.7 Å². The number of pyridine rings is 1. The van der Waals surface area contributed by atoms with Gasteiger partial charge in [0.1, 0.15) is 17.9 Å². The van der Waals surface area contributed by atoms with Gasteiger partial charge < -0.3 is 9.64 Å². The Balaban J connectivity index is 1.57. The van der Waals surface area contributed by atoms with Gasteiger partial charge in [-0.25, -0.2) is 9.97 Å². The first-order valence-corrected chi connectivity index (χ1v) is 8.88. The predicted molar refractivity (Wildman–Crippen MR) is 92.4 cm³/mol. The number of fused-ring (bicyclic) bond motifs is 1. The number of ether oxygens (including phenoxy) is 1. The highest BCUT2D eigenvalue weighted by molar-refractivity contribution is 7.07. The molecule has 0 saturated carbocycles. The van der Waals surface area contributed by atoms with Crippen LogP contribution in [0.3, 0.4) is 0 Å². The van der Waals surface area contributed by atoms with E-state index < -0.39 is 0 Å². The zero-order valence-corrected chi connectivity index (χ0v) is 14.5. The summed E-state index contributed by atoms with van der Waals surface area (Å²) in [5, 5.41) is 14.9. The number of amides is 1. The van der Waals surface area contributed by atoms with Crippen molar-refractivity contribution in [1.82, 2.24) is 24.6 Å². The maximum atomic E-state index is 12.8. The van der Waals surface area contributed by atoms with Gasteiger partial charge in [0, 0.05) is 23.8 Å². The Bertz CT molecular complexity index is 945. The Morgan fingerprint density at radius 3 is 2.96 bits per heavy atom. The normalized spacial score (nSPS) is 16.4. The van der Waals surface area contributed by atoms with Crippen molar-refractivity contribution in [2.45, 2.75) is 19.2 Å². The SMILES string of the molecule is N#Cc1ccc(OC2CN(C(=O)c3cscn3)Cc3ccnn3C2)nc1. The highest BCUT2D eigenvalue weighted by Crippen LogP contribution is 2.18. The summed E-state index contributed by atoms with van der Waals surface area (Å²) in [7, 11) is 0. The number of nitrogens with zero attached hydrogens (tertiary/aromatic N) is 6. The Labute approximate surface area is 153 Å². The van der Waals surface area contributed by atoms with Gasteiger partial charge in [0.15, 0.2) is 0 Å². The Morgan fingerprint density at radius 1 is 1.31 bits per heavy atom. The smallest absolute Gasteiger partial charge is 0.273 e. The minimum atomic E-state index is -0.320. The number of thiazole rings is 1. The molecular weight excluding hydrogens is 352 g/mol. The fraction of sp³-hybridized carbons (Fsp3) is 0.235. The van der Waals surface area contributed by atoms with E-state index in [9.17, 15) is 4.79 Å². The van der Waals surface area contributed by atoms with E-state index >= 15 is 0 Å². The number of hydrogen-bond acceptors (Lipinski definition) is 7. The van der Waals surface area contributed by atoms with Gasteiger partial charge in [0.25, 0.3) is 5.91 Å². The van der Waals surface area contributed by atoms with E-state index in [0.717, 1.165) is 5.69 Å². The van der Waals surface area contributed by atoms with Gasteiger partial charge in [-0.05, 0) is 12.1 Å². The molecule has 1 atom stereocenters. The summed E-state index contributed by atoms with van der Waals surface area (Å²) >= 11 is 1.39. The van der Waals surface area contributed by atoms with Crippen LogP contribution in [0.15, 0.2) is 41.5 Å². The monoisotopic (exact) mass is 366 g/mol. The lowest BCUT2D eigenvalue weighted by Gasteiger charge is -2.23. The third kappa shape index (κ3) is 3.27. The van der Waals surface area contributed by atoms with Gasteiger partial charge >= 0.3 is 0 Å². The van der Waals surface area contributed by atoms with Crippen molar-refractivity contribution in [3.8, 4) is 11.9 Å². The standard InChI is InChI=1S/C17H14N6O2S/c18-5-12-1-2-16(19-6-12)25-14-8-22(17(24)15-10-26-11-20-15)7-13-3-4-21-23(13)9-14/h1-4,6,10-11,14H,7-9H2. The van der Waals surface area contributed by atoms with Crippen molar-refractivity contribution >= 4 is 17.2 Å². The topological polar surface area (TPSA) is 96.9 Å². The quantitative estimate of drug-likeness (QED) is 0.700. The van der Waals surface area contributed by atoms with Crippen molar-refractivity contribution in [2.24, 2.45) is 0 Å². The lowest BCUT2D eigenvalue weighted by Crippen LogP contribution is -2.39. The number of nitriles is 1. The Hall–Kier alpha value is -3.25. The molecule has 0 fully saturated rings. The zero-order chi connectivity index (χ0) is 17.9. The number of aromatic nitrogens is 4. The first-order chi connectivity index (χ1) is 12.7. The summed E-state index contributed by atoms with van der Waals surface area (Å²) in [4.78, 5) is 22.7. The molecule has 4 heterocycles. The molecule has 4 rings (SSSR count). The summed E-state index contributed by atoms with van der Waals surface area (Å²) in [5.74, 6) is 0.271. The van der Waals surface area contributed by atoms with Crippen LogP contribution in [0.4, 0.5) is 0 Å². The largest absolute Gasteiger partial charge is 0.470 e. The zero-order valence-electron chi connectivity index (χ0n) is 13.6. The molecule has 0 aliphatic carbocycles. The van der Waals surface area contributed by atoms with Gasteiger partial charge in [-0.2, -0.15) is 10.4 Å². The molecular formula is C17H14N6O2S. The van der Waals surface area contributed by atoms with E-state index in [2.05, 4.69) is 15.1 Å². The maximum absolute atomic E-state index is 12.8. The lowest BCUT2D eigenvalue weighted by atomic mass is 10.3. The molecule has 3 aromatic heterocycles. The third-order valence-electron chi connectivity index (χ3n) is 4.05. The van der Waals surface area contributed by atoms with Gasteiger partial charge in [-0.15, -0.1) is 11.3 Å². The summed E-state index contributed by atoms with van der Waals surface area (Å²) in [6, 6.07) is 7.22. The number of carbonyl (C=O) groups is 1.